The molecular weight excluding hydrogens is 220 g/mol. The minimum atomic E-state index is 0.791. The SMILES string of the molecule is Cc1nnc(CSc2cccc(N)c2)n1C. The van der Waals surface area contributed by atoms with Crippen LogP contribution in [-0.4, -0.2) is 14.8 Å². The first-order valence-electron chi connectivity index (χ1n) is 5.00. The third-order valence-electron chi connectivity index (χ3n) is 2.41. The van der Waals surface area contributed by atoms with Gasteiger partial charge in [-0.1, -0.05) is 6.07 Å². The predicted molar refractivity (Wildman–Crippen MR) is 66.2 cm³/mol. The molecule has 0 bridgehead atoms. The molecule has 1 heterocycles. The molecule has 1 aromatic carbocycles. The normalized spacial score (nSPS) is 10.6. The van der Waals surface area contributed by atoms with Crippen LogP contribution in [0.15, 0.2) is 29.2 Å². The highest BCUT2D eigenvalue weighted by Crippen LogP contribution is 2.23. The van der Waals surface area contributed by atoms with Crippen molar-refractivity contribution in [2.75, 3.05) is 5.73 Å². The van der Waals surface area contributed by atoms with Crippen LogP contribution >= 0.6 is 11.8 Å². The lowest BCUT2D eigenvalue weighted by atomic mass is 10.3. The molecule has 0 atom stereocenters. The second kappa shape index (κ2) is 4.57. The van der Waals surface area contributed by atoms with Gasteiger partial charge in [-0.2, -0.15) is 0 Å². The molecule has 0 saturated heterocycles. The van der Waals surface area contributed by atoms with Gasteiger partial charge in [0, 0.05) is 17.6 Å². The van der Waals surface area contributed by atoms with E-state index in [-0.39, 0.29) is 0 Å². The number of aromatic nitrogens is 3. The zero-order chi connectivity index (χ0) is 11.5. The van der Waals surface area contributed by atoms with Gasteiger partial charge in [0.1, 0.15) is 11.6 Å². The Morgan fingerprint density at radius 1 is 1.38 bits per heavy atom. The molecule has 0 aliphatic heterocycles. The molecule has 0 saturated carbocycles. The molecule has 0 spiro atoms. The van der Waals surface area contributed by atoms with Gasteiger partial charge in [-0.25, -0.2) is 0 Å². The second-order valence-electron chi connectivity index (χ2n) is 3.58. The fraction of sp³-hybridized carbons (Fsp3) is 0.273. The number of thioether (sulfide) groups is 1. The van der Waals surface area contributed by atoms with E-state index in [0.29, 0.717) is 0 Å². The van der Waals surface area contributed by atoms with E-state index in [0.717, 1.165) is 28.0 Å². The summed E-state index contributed by atoms with van der Waals surface area (Å²) in [6, 6.07) is 7.86. The van der Waals surface area contributed by atoms with E-state index in [1.165, 1.54) is 0 Å². The van der Waals surface area contributed by atoms with Gasteiger partial charge in [0.2, 0.25) is 0 Å². The zero-order valence-electron chi connectivity index (χ0n) is 9.34. The van der Waals surface area contributed by atoms with Gasteiger partial charge in [0.25, 0.3) is 0 Å². The van der Waals surface area contributed by atoms with Crippen LogP contribution in [0.3, 0.4) is 0 Å². The third kappa shape index (κ3) is 2.36. The summed E-state index contributed by atoms with van der Waals surface area (Å²) in [7, 11) is 1.98. The number of hydrogen-bond acceptors (Lipinski definition) is 4. The van der Waals surface area contributed by atoms with Gasteiger partial charge in [-0.15, -0.1) is 22.0 Å². The first kappa shape index (κ1) is 11.0. The van der Waals surface area contributed by atoms with E-state index in [1.807, 2.05) is 42.8 Å². The maximum atomic E-state index is 5.72. The smallest absolute Gasteiger partial charge is 0.143 e. The largest absolute Gasteiger partial charge is 0.399 e. The number of aryl methyl sites for hydroxylation is 1. The lowest BCUT2D eigenvalue weighted by molar-refractivity contribution is 0.817. The van der Waals surface area contributed by atoms with Crippen LogP contribution in [-0.2, 0) is 12.8 Å². The number of hydrogen-bond donors (Lipinski definition) is 1. The third-order valence-corrected chi connectivity index (χ3v) is 3.40. The van der Waals surface area contributed by atoms with Gasteiger partial charge >= 0.3 is 0 Å². The van der Waals surface area contributed by atoms with Crippen LogP contribution in [0.5, 0.6) is 0 Å². The number of nitrogen functional groups attached to an aromatic ring is 1. The number of nitrogens with two attached hydrogens (primary N) is 1. The Bertz CT molecular complexity index is 492. The molecule has 84 valence electrons. The van der Waals surface area contributed by atoms with E-state index in [2.05, 4.69) is 10.2 Å². The highest BCUT2D eigenvalue weighted by molar-refractivity contribution is 7.98. The van der Waals surface area contributed by atoms with Crippen molar-refractivity contribution in [2.45, 2.75) is 17.6 Å². The van der Waals surface area contributed by atoms with Crippen molar-refractivity contribution >= 4 is 17.4 Å². The molecule has 16 heavy (non-hydrogen) atoms. The quantitative estimate of drug-likeness (QED) is 0.652. The van der Waals surface area contributed by atoms with Crippen LogP contribution in [0.1, 0.15) is 11.6 Å². The fourth-order valence-electron chi connectivity index (χ4n) is 1.33. The lowest BCUT2D eigenvalue weighted by Gasteiger charge is -2.02. The van der Waals surface area contributed by atoms with E-state index in [4.69, 9.17) is 5.73 Å². The maximum Gasteiger partial charge on any atom is 0.143 e. The molecule has 2 N–H and O–H groups in total. The van der Waals surface area contributed by atoms with Crippen LogP contribution in [0.25, 0.3) is 0 Å². The molecule has 4 nitrogen and oxygen atoms in total. The van der Waals surface area contributed by atoms with E-state index in [9.17, 15) is 0 Å². The molecule has 0 radical (unpaired) electrons. The Morgan fingerprint density at radius 3 is 2.81 bits per heavy atom. The molecule has 0 amide bonds. The molecule has 2 rings (SSSR count). The Morgan fingerprint density at radius 2 is 2.19 bits per heavy atom. The summed E-state index contributed by atoms with van der Waals surface area (Å²) < 4.78 is 2.00. The Balaban J connectivity index is 2.05. The van der Waals surface area contributed by atoms with Crippen molar-refractivity contribution in [1.29, 1.82) is 0 Å². The average molecular weight is 234 g/mol. The van der Waals surface area contributed by atoms with Gasteiger partial charge < -0.3 is 10.3 Å². The Kier molecular flexibility index (Phi) is 3.14. The highest BCUT2D eigenvalue weighted by Gasteiger charge is 2.05. The molecule has 1 aromatic heterocycles. The number of nitrogens with zero attached hydrogens (tertiary/aromatic N) is 3. The molecular formula is C11H14N4S. The van der Waals surface area contributed by atoms with Crippen molar-refractivity contribution in [1.82, 2.24) is 14.8 Å². The van der Waals surface area contributed by atoms with Gasteiger partial charge in [-0.05, 0) is 25.1 Å². The van der Waals surface area contributed by atoms with Crippen molar-refractivity contribution < 1.29 is 0 Å². The van der Waals surface area contributed by atoms with Crippen LogP contribution in [0, 0.1) is 6.92 Å². The molecule has 0 aliphatic rings. The van der Waals surface area contributed by atoms with Crippen molar-refractivity contribution in [3.05, 3.63) is 35.9 Å². The van der Waals surface area contributed by atoms with Crippen molar-refractivity contribution in [3.8, 4) is 0 Å². The van der Waals surface area contributed by atoms with E-state index >= 15 is 0 Å². The number of rotatable bonds is 3. The molecule has 0 fully saturated rings. The summed E-state index contributed by atoms with van der Waals surface area (Å²) in [5.41, 5.74) is 6.51. The summed E-state index contributed by atoms with van der Waals surface area (Å²) in [6.45, 7) is 1.95. The van der Waals surface area contributed by atoms with Gasteiger partial charge in [-0.3, -0.25) is 0 Å². The minimum absolute atomic E-state index is 0.791. The summed E-state index contributed by atoms with van der Waals surface area (Å²) in [5.74, 6) is 2.72. The number of anilines is 1. The van der Waals surface area contributed by atoms with E-state index < -0.39 is 0 Å². The first-order valence-corrected chi connectivity index (χ1v) is 5.98. The topological polar surface area (TPSA) is 56.7 Å². The van der Waals surface area contributed by atoms with Crippen LogP contribution in [0.4, 0.5) is 5.69 Å². The number of benzene rings is 1. The van der Waals surface area contributed by atoms with Crippen LogP contribution < -0.4 is 5.73 Å². The highest BCUT2D eigenvalue weighted by atomic mass is 32.2. The Labute approximate surface area is 98.9 Å². The lowest BCUT2D eigenvalue weighted by Crippen LogP contribution is -1.97. The minimum Gasteiger partial charge on any atom is -0.399 e. The van der Waals surface area contributed by atoms with Gasteiger partial charge in [0.05, 0.1) is 5.75 Å². The second-order valence-corrected chi connectivity index (χ2v) is 4.63. The summed E-state index contributed by atoms with van der Waals surface area (Å²) >= 11 is 1.71. The van der Waals surface area contributed by atoms with Gasteiger partial charge in [0.15, 0.2) is 0 Å². The molecule has 0 aliphatic carbocycles. The zero-order valence-corrected chi connectivity index (χ0v) is 10.2. The Hall–Kier alpha value is -1.49. The summed E-state index contributed by atoms with van der Waals surface area (Å²) in [6.07, 6.45) is 0. The molecule has 5 heteroatoms. The van der Waals surface area contributed by atoms with Crippen LogP contribution in [0.2, 0.25) is 0 Å². The standard InChI is InChI=1S/C11H14N4S/c1-8-13-14-11(15(8)2)7-16-10-5-3-4-9(12)6-10/h3-6H,7,12H2,1-2H3. The van der Waals surface area contributed by atoms with E-state index in [1.54, 1.807) is 11.8 Å². The van der Waals surface area contributed by atoms with Crippen molar-refractivity contribution in [3.63, 3.8) is 0 Å². The molecule has 2 aromatic rings. The summed E-state index contributed by atoms with van der Waals surface area (Å²) in [4.78, 5) is 1.15. The molecule has 0 unspecified atom stereocenters. The fourth-order valence-corrected chi connectivity index (χ4v) is 2.27. The monoisotopic (exact) mass is 234 g/mol. The first-order chi connectivity index (χ1) is 7.66. The van der Waals surface area contributed by atoms with Crippen molar-refractivity contribution in [2.24, 2.45) is 7.05 Å². The average Bonchev–Trinajstić information content (AvgIpc) is 2.57. The predicted octanol–water partition coefficient (Wildman–Crippen LogP) is 2.00. The summed E-state index contributed by atoms with van der Waals surface area (Å²) in [5, 5.41) is 8.13. The maximum absolute atomic E-state index is 5.72.